The lowest BCUT2D eigenvalue weighted by Crippen LogP contribution is -2.48. The minimum Gasteiger partial charge on any atom is -0.481 e. The Hall–Kier alpha value is -0.620. The lowest BCUT2D eigenvalue weighted by molar-refractivity contribution is -0.138. The molecule has 2 bridgehead atoms. The van der Waals surface area contributed by atoms with Crippen LogP contribution in [0.4, 0.5) is 0 Å². The summed E-state index contributed by atoms with van der Waals surface area (Å²) in [6.07, 6.45) is 5.07. The van der Waals surface area contributed by atoms with Crippen molar-refractivity contribution in [2.75, 3.05) is 0 Å². The van der Waals surface area contributed by atoms with E-state index in [2.05, 4.69) is 0 Å². The molecule has 0 aromatic heterocycles. The van der Waals surface area contributed by atoms with Gasteiger partial charge in [0.2, 0.25) is 10.0 Å². The van der Waals surface area contributed by atoms with Gasteiger partial charge in [-0.25, -0.2) is 8.42 Å². The van der Waals surface area contributed by atoms with E-state index in [1.54, 1.807) is 4.31 Å². The fourth-order valence-corrected chi connectivity index (χ4v) is 5.90. The lowest BCUT2D eigenvalue weighted by Gasteiger charge is -2.37. The molecule has 3 aliphatic rings. The van der Waals surface area contributed by atoms with Crippen molar-refractivity contribution < 1.29 is 18.3 Å². The zero-order chi connectivity index (χ0) is 12.9. The van der Waals surface area contributed by atoms with Crippen LogP contribution in [0.1, 0.15) is 44.9 Å². The molecule has 102 valence electrons. The molecule has 1 aliphatic carbocycles. The number of carboxylic acids is 1. The SMILES string of the molecule is O=C(O)CC1CC2CCC(C1)N2S(=O)(=O)C1CC1. The molecule has 5 nitrogen and oxygen atoms in total. The number of aliphatic carboxylic acids is 1. The molecule has 0 spiro atoms. The second kappa shape index (κ2) is 4.20. The topological polar surface area (TPSA) is 74.7 Å². The van der Waals surface area contributed by atoms with Gasteiger partial charge in [0, 0.05) is 18.5 Å². The summed E-state index contributed by atoms with van der Waals surface area (Å²) >= 11 is 0. The molecular weight excluding hydrogens is 254 g/mol. The number of hydrogen-bond acceptors (Lipinski definition) is 3. The van der Waals surface area contributed by atoms with Crippen molar-refractivity contribution in [2.45, 2.75) is 62.3 Å². The Balaban J connectivity index is 1.75. The Morgan fingerprint density at radius 2 is 1.67 bits per heavy atom. The van der Waals surface area contributed by atoms with E-state index in [-0.39, 0.29) is 29.7 Å². The summed E-state index contributed by atoms with van der Waals surface area (Å²) in [5.74, 6) is -0.608. The molecule has 0 aromatic rings. The second-order valence-electron chi connectivity index (χ2n) is 5.89. The van der Waals surface area contributed by atoms with Crippen LogP contribution in [0.5, 0.6) is 0 Å². The third-order valence-corrected chi connectivity index (χ3v) is 6.96. The van der Waals surface area contributed by atoms with Crippen LogP contribution in [0, 0.1) is 5.92 Å². The van der Waals surface area contributed by atoms with Gasteiger partial charge in [0.1, 0.15) is 0 Å². The molecule has 0 amide bonds. The predicted molar refractivity (Wildman–Crippen MR) is 65.6 cm³/mol. The van der Waals surface area contributed by atoms with Gasteiger partial charge in [0.05, 0.1) is 5.25 Å². The van der Waals surface area contributed by atoms with E-state index < -0.39 is 16.0 Å². The Morgan fingerprint density at radius 1 is 1.11 bits per heavy atom. The van der Waals surface area contributed by atoms with Crippen LogP contribution in [-0.2, 0) is 14.8 Å². The highest BCUT2D eigenvalue weighted by atomic mass is 32.2. The normalized spacial score (nSPS) is 36.8. The van der Waals surface area contributed by atoms with Crippen LogP contribution >= 0.6 is 0 Å². The van der Waals surface area contributed by atoms with Crippen molar-refractivity contribution in [3.8, 4) is 0 Å². The van der Waals surface area contributed by atoms with Crippen LogP contribution in [0.25, 0.3) is 0 Å². The quantitative estimate of drug-likeness (QED) is 0.835. The zero-order valence-corrected chi connectivity index (χ0v) is 11.1. The first-order valence-electron chi connectivity index (χ1n) is 6.72. The average molecular weight is 273 g/mol. The van der Waals surface area contributed by atoms with Crippen LogP contribution in [0.15, 0.2) is 0 Å². The monoisotopic (exact) mass is 273 g/mol. The summed E-state index contributed by atoms with van der Waals surface area (Å²) < 4.78 is 26.4. The largest absolute Gasteiger partial charge is 0.481 e. The van der Waals surface area contributed by atoms with Crippen molar-refractivity contribution in [1.82, 2.24) is 4.31 Å². The Bertz CT molecular complexity index is 443. The summed E-state index contributed by atoms with van der Waals surface area (Å²) in [5.41, 5.74) is 0. The minimum absolute atomic E-state index is 0.0682. The fraction of sp³-hybridized carbons (Fsp3) is 0.917. The molecule has 3 rings (SSSR count). The highest BCUT2D eigenvalue weighted by molar-refractivity contribution is 7.90. The Labute approximate surface area is 107 Å². The maximum absolute atomic E-state index is 12.3. The molecular formula is C12H19NO4S. The first-order valence-corrected chi connectivity index (χ1v) is 8.23. The molecule has 0 aromatic carbocycles. The van der Waals surface area contributed by atoms with E-state index in [1.165, 1.54) is 0 Å². The van der Waals surface area contributed by atoms with Gasteiger partial charge in [-0.2, -0.15) is 4.31 Å². The third-order valence-electron chi connectivity index (χ3n) is 4.47. The number of fused-ring (bicyclic) bond motifs is 2. The number of carbonyl (C=O) groups is 1. The van der Waals surface area contributed by atoms with Gasteiger partial charge in [0.25, 0.3) is 0 Å². The highest BCUT2D eigenvalue weighted by Crippen LogP contribution is 2.45. The van der Waals surface area contributed by atoms with E-state index in [1.807, 2.05) is 0 Å². The fourth-order valence-electron chi connectivity index (χ4n) is 3.61. The van der Waals surface area contributed by atoms with Gasteiger partial charge >= 0.3 is 5.97 Å². The van der Waals surface area contributed by atoms with Gasteiger partial charge in [-0.15, -0.1) is 0 Å². The maximum atomic E-state index is 12.3. The van der Waals surface area contributed by atoms with Crippen molar-refractivity contribution in [2.24, 2.45) is 5.92 Å². The molecule has 6 heteroatoms. The number of rotatable bonds is 4. The van der Waals surface area contributed by atoms with Crippen LogP contribution in [-0.4, -0.2) is 41.1 Å². The molecule has 0 radical (unpaired) electrons. The second-order valence-corrected chi connectivity index (χ2v) is 8.01. The third kappa shape index (κ3) is 2.05. The maximum Gasteiger partial charge on any atom is 0.303 e. The first kappa shape index (κ1) is 12.4. The standard InChI is InChI=1S/C12H19NO4S/c14-12(15)7-8-5-9-1-2-10(6-8)13(9)18(16,17)11-3-4-11/h8-11H,1-7H2,(H,14,15). The Morgan fingerprint density at radius 3 is 2.11 bits per heavy atom. The summed E-state index contributed by atoms with van der Waals surface area (Å²) in [4.78, 5) is 10.8. The van der Waals surface area contributed by atoms with Crippen molar-refractivity contribution in [3.05, 3.63) is 0 Å². The Kier molecular flexibility index (Phi) is 2.90. The lowest BCUT2D eigenvalue weighted by atomic mass is 9.90. The van der Waals surface area contributed by atoms with E-state index in [9.17, 15) is 13.2 Å². The van der Waals surface area contributed by atoms with Gasteiger partial charge in [-0.05, 0) is 44.4 Å². The summed E-state index contributed by atoms with van der Waals surface area (Å²) in [7, 11) is -3.09. The molecule has 2 heterocycles. The molecule has 2 aliphatic heterocycles. The molecule has 3 fully saturated rings. The van der Waals surface area contributed by atoms with Crippen molar-refractivity contribution in [1.29, 1.82) is 0 Å². The zero-order valence-electron chi connectivity index (χ0n) is 10.3. The first-order chi connectivity index (χ1) is 8.48. The summed E-state index contributed by atoms with van der Waals surface area (Å²) in [6.45, 7) is 0. The van der Waals surface area contributed by atoms with E-state index in [4.69, 9.17) is 5.11 Å². The molecule has 1 N–H and O–H groups in total. The summed E-state index contributed by atoms with van der Waals surface area (Å²) in [5, 5.41) is 8.71. The number of sulfonamides is 1. The van der Waals surface area contributed by atoms with E-state index in [0.29, 0.717) is 0 Å². The minimum atomic E-state index is -3.09. The predicted octanol–water partition coefficient (Wildman–Crippen LogP) is 1.20. The molecule has 1 saturated carbocycles. The number of piperidine rings is 1. The van der Waals surface area contributed by atoms with Crippen LogP contribution < -0.4 is 0 Å². The number of nitrogens with zero attached hydrogens (tertiary/aromatic N) is 1. The van der Waals surface area contributed by atoms with Gasteiger partial charge in [-0.3, -0.25) is 4.79 Å². The smallest absolute Gasteiger partial charge is 0.303 e. The molecule has 2 saturated heterocycles. The molecule has 2 unspecified atom stereocenters. The molecule has 2 atom stereocenters. The average Bonchev–Trinajstić information content (AvgIpc) is 3.04. The highest BCUT2D eigenvalue weighted by Gasteiger charge is 2.51. The van der Waals surface area contributed by atoms with Gasteiger partial charge in [0.15, 0.2) is 0 Å². The van der Waals surface area contributed by atoms with Crippen molar-refractivity contribution in [3.63, 3.8) is 0 Å². The van der Waals surface area contributed by atoms with Gasteiger partial charge < -0.3 is 5.11 Å². The summed E-state index contributed by atoms with van der Waals surface area (Å²) in [6, 6.07) is 0.136. The van der Waals surface area contributed by atoms with E-state index >= 15 is 0 Å². The van der Waals surface area contributed by atoms with Crippen LogP contribution in [0.2, 0.25) is 0 Å². The van der Waals surface area contributed by atoms with Gasteiger partial charge in [-0.1, -0.05) is 0 Å². The van der Waals surface area contributed by atoms with Crippen LogP contribution in [0.3, 0.4) is 0 Å². The van der Waals surface area contributed by atoms with E-state index in [0.717, 1.165) is 38.5 Å². The number of carboxylic acid groups (broad SMARTS) is 1. The number of hydrogen-bond donors (Lipinski definition) is 1. The molecule has 18 heavy (non-hydrogen) atoms. The van der Waals surface area contributed by atoms with Crippen molar-refractivity contribution >= 4 is 16.0 Å².